The van der Waals surface area contributed by atoms with Crippen molar-refractivity contribution >= 4 is 28.8 Å². The topological polar surface area (TPSA) is 58.2 Å². The predicted molar refractivity (Wildman–Crippen MR) is 106 cm³/mol. The monoisotopic (exact) mass is 384 g/mol. The summed E-state index contributed by atoms with van der Waals surface area (Å²) in [6.07, 6.45) is 8.21. The lowest BCUT2D eigenvalue weighted by Gasteiger charge is -2.21. The minimum Gasteiger partial charge on any atom is -0.339 e. The summed E-state index contributed by atoms with van der Waals surface area (Å²) in [5.74, 6) is -1.06. The number of amides is 2. The van der Waals surface area contributed by atoms with Crippen LogP contribution in [0, 0.1) is 12.7 Å². The number of allylic oxidation sites excluding steroid dienone is 3. The standard InChI is InChI=1S/C21H21FN2O2S/c1-14-9-10-16(22)13-17(14)23-20(25)18(12-15-6-3-2-4-7-15)24-21(26)19-8-5-11-27-19/h2-3,5-6,8-11,13,18H,4,7,12H2,1H3,(H,23,25)(H,24,26). The molecule has 1 atom stereocenters. The molecular formula is C21H21FN2O2S. The van der Waals surface area contributed by atoms with E-state index >= 15 is 0 Å². The van der Waals surface area contributed by atoms with Gasteiger partial charge in [-0.3, -0.25) is 9.59 Å². The highest BCUT2D eigenvalue weighted by atomic mass is 32.1. The Bertz CT molecular complexity index is 888. The SMILES string of the molecule is Cc1ccc(F)cc1NC(=O)C(CC1=CC=CCC1)NC(=O)c1cccs1. The average Bonchev–Trinajstić information content (AvgIpc) is 3.20. The Kier molecular flexibility index (Phi) is 6.19. The van der Waals surface area contributed by atoms with Gasteiger partial charge in [-0.1, -0.05) is 35.9 Å². The molecular weight excluding hydrogens is 363 g/mol. The lowest BCUT2D eigenvalue weighted by molar-refractivity contribution is -0.118. The van der Waals surface area contributed by atoms with Crippen molar-refractivity contribution in [2.75, 3.05) is 5.32 Å². The fraction of sp³-hybridized carbons (Fsp3) is 0.238. The van der Waals surface area contributed by atoms with Gasteiger partial charge in [0.1, 0.15) is 11.9 Å². The van der Waals surface area contributed by atoms with E-state index in [2.05, 4.69) is 16.7 Å². The summed E-state index contributed by atoms with van der Waals surface area (Å²) in [4.78, 5) is 25.9. The molecule has 1 aromatic heterocycles. The van der Waals surface area contributed by atoms with E-state index in [9.17, 15) is 14.0 Å². The maximum absolute atomic E-state index is 13.5. The number of aryl methyl sites for hydroxylation is 1. The molecule has 1 aliphatic carbocycles. The quantitative estimate of drug-likeness (QED) is 0.765. The number of carbonyl (C=O) groups is 2. The number of anilines is 1. The van der Waals surface area contributed by atoms with E-state index in [-0.39, 0.29) is 11.8 Å². The molecule has 0 fully saturated rings. The van der Waals surface area contributed by atoms with E-state index in [1.165, 1.54) is 23.5 Å². The number of thiophene rings is 1. The number of carbonyl (C=O) groups excluding carboxylic acids is 2. The van der Waals surface area contributed by atoms with Crippen LogP contribution in [0.15, 0.2) is 59.5 Å². The van der Waals surface area contributed by atoms with E-state index in [0.717, 1.165) is 24.0 Å². The Labute approximate surface area is 161 Å². The van der Waals surface area contributed by atoms with Crippen LogP contribution < -0.4 is 10.6 Å². The van der Waals surface area contributed by atoms with Gasteiger partial charge in [0.25, 0.3) is 5.91 Å². The Morgan fingerprint density at radius 1 is 1.30 bits per heavy atom. The summed E-state index contributed by atoms with van der Waals surface area (Å²) >= 11 is 1.32. The van der Waals surface area contributed by atoms with Crippen molar-refractivity contribution in [2.24, 2.45) is 0 Å². The Morgan fingerprint density at radius 3 is 2.85 bits per heavy atom. The lowest BCUT2D eigenvalue weighted by Crippen LogP contribution is -2.44. The second-order valence-electron chi connectivity index (χ2n) is 6.45. The molecule has 3 rings (SSSR count). The van der Waals surface area contributed by atoms with Crippen LogP contribution in [0.3, 0.4) is 0 Å². The maximum Gasteiger partial charge on any atom is 0.262 e. The van der Waals surface area contributed by atoms with Crippen LogP contribution in [0.2, 0.25) is 0 Å². The van der Waals surface area contributed by atoms with Crippen LogP contribution >= 0.6 is 11.3 Å². The van der Waals surface area contributed by atoms with Gasteiger partial charge >= 0.3 is 0 Å². The Balaban J connectivity index is 1.78. The fourth-order valence-electron chi connectivity index (χ4n) is 2.88. The van der Waals surface area contributed by atoms with Crippen LogP contribution in [0.1, 0.15) is 34.5 Å². The number of hydrogen-bond donors (Lipinski definition) is 2. The molecule has 2 N–H and O–H groups in total. The zero-order chi connectivity index (χ0) is 19.2. The molecule has 1 unspecified atom stereocenters. The van der Waals surface area contributed by atoms with Gasteiger partial charge in [0.15, 0.2) is 0 Å². The molecule has 2 aromatic rings. The highest BCUT2D eigenvalue weighted by molar-refractivity contribution is 7.12. The van der Waals surface area contributed by atoms with Gasteiger partial charge in [0, 0.05) is 5.69 Å². The van der Waals surface area contributed by atoms with E-state index in [1.54, 1.807) is 25.1 Å². The van der Waals surface area contributed by atoms with Gasteiger partial charge < -0.3 is 10.6 Å². The van der Waals surface area contributed by atoms with Crippen LogP contribution in [0.5, 0.6) is 0 Å². The van der Waals surface area contributed by atoms with Gasteiger partial charge in [-0.2, -0.15) is 0 Å². The molecule has 0 saturated heterocycles. The summed E-state index contributed by atoms with van der Waals surface area (Å²) in [6.45, 7) is 1.79. The van der Waals surface area contributed by atoms with Crippen molar-refractivity contribution in [3.05, 3.63) is 75.8 Å². The van der Waals surface area contributed by atoms with Crippen LogP contribution in [-0.4, -0.2) is 17.9 Å². The summed E-state index contributed by atoms with van der Waals surface area (Å²) in [5, 5.41) is 7.39. The number of hydrogen-bond acceptors (Lipinski definition) is 3. The smallest absolute Gasteiger partial charge is 0.262 e. The van der Waals surface area contributed by atoms with Crippen LogP contribution in [0.25, 0.3) is 0 Å². The van der Waals surface area contributed by atoms with E-state index in [4.69, 9.17) is 0 Å². The molecule has 4 nitrogen and oxygen atoms in total. The first-order valence-electron chi connectivity index (χ1n) is 8.79. The van der Waals surface area contributed by atoms with Gasteiger partial charge in [0.2, 0.25) is 5.91 Å². The molecule has 27 heavy (non-hydrogen) atoms. The molecule has 0 spiro atoms. The molecule has 2 amide bonds. The highest BCUT2D eigenvalue weighted by Gasteiger charge is 2.24. The third-order valence-electron chi connectivity index (χ3n) is 4.39. The fourth-order valence-corrected chi connectivity index (χ4v) is 3.51. The second kappa shape index (κ2) is 8.77. The van der Waals surface area contributed by atoms with Crippen molar-refractivity contribution in [3.8, 4) is 0 Å². The van der Waals surface area contributed by atoms with E-state index in [0.29, 0.717) is 17.0 Å². The van der Waals surface area contributed by atoms with Crippen molar-refractivity contribution in [1.29, 1.82) is 0 Å². The predicted octanol–water partition coefficient (Wildman–Crippen LogP) is 4.60. The minimum absolute atomic E-state index is 0.284. The van der Waals surface area contributed by atoms with Crippen molar-refractivity contribution in [3.63, 3.8) is 0 Å². The third kappa shape index (κ3) is 5.14. The van der Waals surface area contributed by atoms with Crippen molar-refractivity contribution in [1.82, 2.24) is 5.32 Å². The minimum atomic E-state index is -0.736. The zero-order valence-corrected chi connectivity index (χ0v) is 15.8. The molecule has 0 radical (unpaired) electrons. The second-order valence-corrected chi connectivity index (χ2v) is 7.40. The summed E-state index contributed by atoms with van der Waals surface area (Å²) < 4.78 is 13.5. The first kappa shape index (κ1) is 19.0. The molecule has 1 heterocycles. The number of benzene rings is 1. The van der Waals surface area contributed by atoms with Crippen molar-refractivity contribution in [2.45, 2.75) is 32.2 Å². The van der Waals surface area contributed by atoms with Gasteiger partial charge in [-0.15, -0.1) is 11.3 Å². The van der Waals surface area contributed by atoms with Gasteiger partial charge in [-0.25, -0.2) is 4.39 Å². The first-order valence-corrected chi connectivity index (χ1v) is 9.67. The summed E-state index contributed by atoms with van der Waals surface area (Å²) in [5.41, 5.74) is 2.26. The Hall–Kier alpha value is -2.73. The van der Waals surface area contributed by atoms with Crippen molar-refractivity contribution < 1.29 is 14.0 Å². The molecule has 140 valence electrons. The molecule has 0 bridgehead atoms. The molecule has 0 aliphatic heterocycles. The zero-order valence-electron chi connectivity index (χ0n) is 15.0. The first-order chi connectivity index (χ1) is 13.0. The summed E-state index contributed by atoms with van der Waals surface area (Å²) in [6, 6.07) is 7.01. The Morgan fingerprint density at radius 2 is 2.15 bits per heavy atom. The largest absolute Gasteiger partial charge is 0.339 e. The molecule has 1 aliphatic rings. The third-order valence-corrected chi connectivity index (χ3v) is 5.26. The van der Waals surface area contributed by atoms with Crippen LogP contribution in [-0.2, 0) is 4.79 Å². The normalized spacial score (nSPS) is 14.4. The van der Waals surface area contributed by atoms with E-state index < -0.39 is 11.9 Å². The highest BCUT2D eigenvalue weighted by Crippen LogP contribution is 2.21. The number of nitrogens with one attached hydrogen (secondary N) is 2. The van der Waals surface area contributed by atoms with Gasteiger partial charge in [0.05, 0.1) is 4.88 Å². The number of rotatable bonds is 6. The lowest BCUT2D eigenvalue weighted by atomic mass is 9.97. The number of halogens is 1. The van der Waals surface area contributed by atoms with Crippen LogP contribution in [0.4, 0.5) is 10.1 Å². The molecule has 6 heteroatoms. The molecule has 0 saturated carbocycles. The molecule has 1 aromatic carbocycles. The van der Waals surface area contributed by atoms with E-state index in [1.807, 2.05) is 17.5 Å². The maximum atomic E-state index is 13.5. The van der Waals surface area contributed by atoms with Gasteiger partial charge in [-0.05, 0) is 55.3 Å². The average molecular weight is 384 g/mol. The summed E-state index contributed by atoms with van der Waals surface area (Å²) in [7, 11) is 0.